The predicted octanol–water partition coefficient (Wildman–Crippen LogP) is 0.143. The van der Waals surface area contributed by atoms with Crippen molar-refractivity contribution in [1.29, 1.82) is 0 Å². The van der Waals surface area contributed by atoms with Crippen molar-refractivity contribution < 1.29 is 14.3 Å². The normalized spacial score (nSPS) is 37.4. The van der Waals surface area contributed by atoms with Crippen LogP contribution in [0.25, 0.3) is 0 Å². The zero-order valence-corrected chi connectivity index (χ0v) is 9.52. The summed E-state index contributed by atoms with van der Waals surface area (Å²) < 4.78 is 5.66. The van der Waals surface area contributed by atoms with Gasteiger partial charge in [0.2, 0.25) is 17.8 Å². The van der Waals surface area contributed by atoms with E-state index in [9.17, 15) is 9.59 Å². The van der Waals surface area contributed by atoms with Gasteiger partial charge in [-0.3, -0.25) is 9.59 Å². The number of rotatable bonds is 1. The number of imide groups is 1. The van der Waals surface area contributed by atoms with Gasteiger partial charge in [0.1, 0.15) is 0 Å². The van der Waals surface area contributed by atoms with Crippen LogP contribution >= 0.6 is 0 Å². The second-order valence-electron chi connectivity index (χ2n) is 4.90. The number of hydrogen-bond acceptors (Lipinski definition) is 5. The average molecular weight is 245 g/mol. The number of carbonyl (C=O) groups is 2. The van der Waals surface area contributed by atoms with Crippen LogP contribution in [0.1, 0.15) is 12.8 Å². The number of aromatic nitrogens is 2. The number of ether oxygens (including phenoxy) is 1. The first-order valence-corrected chi connectivity index (χ1v) is 6.07. The van der Waals surface area contributed by atoms with Gasteiger partial charge in [0, 0.05) is 12.4 Å². The fourth-order valence-electron chi connectivity index (χ4n) is 3.32. The molecule has 4 rings (SSSR count). The molecule has 6 nitrogen and oxygen atoms in total. The molecule has 18 heavy (non-hydrogen) atoms. The first-order chi connectivity index (χ1) is 8.77. The Bertz CT molecular complexity index is 505. The minimum atomic E-state index is -0.319. The van der Waals surface area contributed by atoms with Gasteiger partial charge >= 0.3 is 0 Å². The second kappa shape index (κ2) is 3.35. The lowest BCUT2D eigenvalue weighted by Gasteiger charge is -2.14. The highest BCUT2D eigenvalue weighted by atomic mass is 16.5. The predicted molar refractivity (Wildman–Crippen MR) is 59.4 cm³/mol. The van der Waals surface area contributed by atoms with Crippen molar-refractivity contribution in [3.05, 3.63) is 18.5 Å². The lowest BCUT2D eigenvalue weighted by Crippen LogP contribution is -2.35. The van der Waals surface area contributed by atoms with Crippen molar-refractivity contribution in [3.63, 3.8) is 0 Å². The monoisotopic (exact) mass is 245 g/mol. The van der Waals surface area contributed by atoms with Gasteiger partial charge in [0.15, 0.2) is 0 Å². The molecule has 0 aromatic carbocycles. The minimum absolute atomic E-state index is 0.0924. The Balaban J connectivity index is 1.76. The van der Waals surface area contributed by atoms with E-state index in [2.05, 4.69) is 9.97 Å². The molecule has 0 saturated carbocycles. The summed E-state index contributed by atoms with van der Waals surface area (Å²) in [6, 6.07) is 1.65. The molecule has 3 aliphatic rings. The van der Waals surface area contributed by atoms with E-state index in [0.29, 0.717) is 0 Å². The third-order valence-electron chi connectivity index (χ3n) is 4.04. The molecule has 0 N–H and O–H groups in total. The van der Waals surface area contributed by atoms with Crippen LogP contribution in [0.5, 0.6) is 0 Å². The maximum absolute atomic E-state index is 12.3. The highest BCUT2D eigenvalue weighted by Crippen LogP contribution is 2.48. The molecule has 3 aliphatic heterocycles. The van der Waals surface area contributed by atoms with E-state index < -0.39 is 0 Å². The summed E-state index contributed by atoms with van der Waals surface area (Å²) in [5, 5.41) is 0. The maximum Gasteiger partial charge on any atom is 0.242 e. The Labute approximate surface area is 103 Å². The van der Waals surface area contributed by atoms with Crippen LogP contribution in [-0.2, 0) is 14.3 Å². The second-order valence-corrected chi connectivity index (χ2v) is 4.90. The number of carbonyl (C=O) groups excluding carboxylic acids is 2. The summed E-state index contributed by atoms with van der Waals surface area (Å²) >= 11 is 0. The quantitative estimate of drug-likeness (QED) is 0.658. The van der Waals surface area contributed by atoms with Gasteiger partial charge in [-0.2, -0.15) is 0 Å². The van der Waals surface area contributed by atoms with E-state index in [4.69, 9.17) is 4.74 Å². The number of fused-ring (bicyclic) bond motifs is 5. The molecule has 4 heterocycles. The Morgan fingerprint density at radius 3 is 2.17 bits per heavy atom. The summed E-state index contributed by atoms with van der Waals surface area (Å²) in [4.78, 5) is 33.8. The first-order valence-electron chi connectivity index (χ1n) is 6.07. The zero-order valence-electron chi connectivity index (χ0n) is 9.52. The molecule has 92 valence electrons. The molecule has 6 heteroatoms. The van der Waals surface area contributed by atoms with Crippen LogP contribution < -0.4 is 4.90 Å². The standard InChI is InChI=1S/C12H11N3O3/c16-10-8-6-2-3-7(18-6)9(8)11(17)15(10)12-13-4-1-5-14-12/h1,4-9H,2-3H2. The summed E-state index contributed by atoms with van der Waals surface area (Å²) in [7, 11) is 0. The average Bonchev–Trinajstić information content (AvgIpc) is 3.05. The van der Waals surface area contributed by atoms with Crippen LogP contribution in [0.4, 0.5) is 5.95 Å². The van der Waals surface area contributed by atoms with E-state index in [0.717, 1.165) is 17.7 Å². The molecule has 2 bridgehead atoms. The highest BCUT2D eigenvalue weighted by Gasteiger charge is 2.63. The molecular formula is C12H11N3O3. The van der Waals surface area contributed by atoms with Crippen LogP contribution in [0.3, 0.4) is 0 Å². The largest absolute Gasteiger partial charge is 0.373 e. The van der Waals surface area contributed by atoms with Crippen LogP contribution in [0, 0.1) is 11.8 Å². The summed E-state index contributed by atoms with van der Waals surface area (Å²) in [6.45, 7) is 0. The molecule has 1 aromatic rings. The fourth-order valence-corrected chi connectivity index (χ4v) is 3.32. The van der Waals surface area contributed by atoms with Crippen molar-refractivity contribution >= 4 is 17.8 Å². The third kappa shape index (κ3) is 1.11. The van der Waals surface area contributed by atoms with E-state index >= 15 is 0 Å². The number of nitrogens with zero attached hydrogens (tertiary/aromatic N) is 3. The third-order valence-corrected chi connectivity index (χ3v) is 4.04. The number of hydrogen-bond donors (Lipinski definition) is 0. The Hall–Kier alpha value is -1.82. The molecule has 4 atom stereocenters. The zero-order chi connectivity index (χ0) is 12.3. The lowest BCUT2D eigenvalue weighted by molar-refractivity contribution is -0.124. The van der Waals surface area contributed by atoms with Gasteiger partial charge in [-0.1, -0.05) is 0 Å². The molecule has 0 radical (unpaired) electrons. The molecule has 2 amide bonds. The van der Waals surface area contributed by atoms with Crippen molar-refractivity contribution in [2.24, 2.45) is 11.8 Å². The van der Waals surface area contributed by atoms with Crippen LogP contribution in [-0.4, -0.2) is 34.0 Å². The Morgan fingerprint density at radius 1 is 1.06 bits per heavy atom. The molecule has 0 aliphatic carbocycles. The molecule has 3 fully saturated rings. The summed E-state index contributed by atoms with van der Waals surface area (Å²) in [5.41, 5.74) is 0. The van der Waals surface area contributed by atoms with Crippen molar-refractivity contribution in [2.45, 2.75) is 25.0 Å². The van der Waals surface area contributed by atoms with Gasteiger partial charge in [-0.25, -0.2) is 14.9 Å². The number of amides is 2. The van der Waals surface area contributed by atoms with Gasteiger partial charge < -0.3 is 4.74 Å². The first kappa shape index (κ1) is 10.1. The lowest BCUT2D eigenvalue weighted by atomic mass is 9.81. The highest BCUT2D eigenvalue weighted by molar-refractivity contribution is 6.21. The van der Waals surface area contributed by atoms with Crippen molar-refractivity contribution in [2.75, 3.05) is 4.90 Å². The molecular weight excluding hydrogens is 234 g/mol. The maximum atomic E-state index is 12.3. The SMILES string of the molecule is O=C1C2C3CCC(O3)C2C(=O)N1c1ncccn1. The number of anilines is 1. The molecule has 0 spiro atoms. The van der Waals surface area contributed by atoms with Crippen molar-refractivity contribution in [3.8, 4) is 0 Å². The Morgan fingerprint density at radius 2 is 1.61 bits per heavy atom. The molecule has 4 unspecified atom stereocenters. The van der Waals surface area contributed by atoms with E-state index in [1.165, 1.54) is 12.4 Å². The van der Waals surface area contributed by atoms with Crippen LogP contribution in [0.2, 0.25) is 0 Å². The van der Waals surface area contributed by atoms with E-state index in [1.54, 1.807) is 6.07 Å². The van der Waals surface area contributed by atoms with Gasteiger partial charge in [0.05, 0.1) is 24.0 Å². The smallest absolute Gasteiger partial charge is 0.242 e. The Kier molecular flexibility index (Phi) is 1.89. The minimum Gasteiger partial charge on any atom is -0.373 e. The topological polar surface area (TPSA) is 72.4 Å². The van der Waals surface area contributed by atoms with Gasteiger partial charge in [-0.15, -0.1) is 0 Å². The van der Waals surface area contributed by atoms with Gasteiger partial charge in [0.25, 0.3) is 0 Å². The fraction of sp³-hybridized carbons (Fsp3) is 0.500. The molecule has 3 saturated heterocycles. The summed E-state index contributed by atoms with van der Waals surface area (Å²) in [5.74, 6) is -0.867. The summed E-state index contributed by atoms with van der Waals surface area (Å²) in [6.07, 6.45) is 4.61. The van der Waals surface area contributed by atoms with Crippen molar-refractivity contribution in [1.82, 2.24) is 9.97 Å². The van der Waals surface area contributed by atoms with E-state index in [1.807, 2.05) is 0 Å². The van der Waals surface area contributed by atoms with E-state index in [-0.39, 0.29) is 41.8 Å². The van der Waals surface area contributed by atoms with Gasteiger partial charge in [-0.05, 0) is 18.9 Å². The molecule has 1 aromatic heterocycles. The van der Waals surface area contributed by atoms with Crippen LogP contribution in [0.15, 0.2) is 18.5 Å².